The third-order valence-electron chi connectivity index (χ3n) is 1.67. The number of nitrogens with two attached hydrogens (primary N) is 1. The summed E-state index contributed by atoms with van der Waals surface area (Å²) in [4.78, 5) is 25.9. The Kier molecular flexibility index (Phi) is 1.42. The molecule has 2 aromatic heterocycles. The van der Waals surface area contributed by atoms with Crippen LogP contribution in [0.1, 0.15) is 10.4 Å². The molecule has 6 nitrogen and oxygen atoms in total. The maximum atomic E-state index is 11.2. The lowest BCUT2D eigenvalue weighted by Gasteiger charge is -1.90. The Hall–Kier alpha value is -2.11. The van der Waals surface area contributed by atoms with Crippen molar-refractivity contribution >= 4 is 11.6 Å². The van der Waals surface area contributed by atoms with E-state index >= 15 is 0 Å². The molecule has 0 aliphatic carbocycles. The van der Waals surface area contributed by atoms with Crippen molar-refractivity contribution in [1.82, 2.24) is 14.6 Å². The van der Waals surface area contributed by atoms with Crippen LogP contribution in [0.2, 0.25) is 0 Å². The molecule has 0 aliphatic heterocycles. The summed E-state index contributed by atoms with van der Waals surface area (Å²) in [6.45, 7) is 0. The molecule has 0 fully saturated rings. The molecule has 0 aromatic carbocycles. The van der Waals surface area contributed by atoms with Gasteiger partial charge in [-0.15, -0.1) is 0 Å². The van der Waals surface area contributed by atoms with E-state index in [9.17, 15) is 9.59 Å². The zero-order chi connectivity index (χ0) is 9.42. The van der Waals surface area contributed by atoms with Crippen LogP contribution in [-0.2, 0) is 0 Å². The van der Waals surface area contributed by atoms with E-state index in [1.165, 1.54) is 10.7 Å². The predicted octanol–water partition coefficient (Wildman–Crippen LogP) is -0.878. The molecule has 0 bridgehead atoms. The zero-order valence-electron chi connectivity index (χ0n) is 6.52. The SMILES string of the molecule is NC(=O)c1c(=O)[nH]n2cccnc12. The molecule has 0 aliphatic rings. The number of nitrogens with zero attached hydrogens (tertiary/aromatic N) is 2. The van der Waals surface area contributed by atoms with Crippen LogP contribution in [0.3, 0.4) is 0 Å². The van der Waals surface area contributed by atoms with Gasteiger partial charge in [0.2, 0.25) is 0 Å². The van der Waals surface area contributed by atoms with Gasteiger partial charge in [0.15, 0.2) is 11.2 Å². The smallest absolute Gasteiger partial charge is 0.279 e. The Morgan fingerprint density at radius 3 is 3.08 bits per heavy atom. The van der Waals surface area contributed by atoms with Gasteiger partial charge in [-0.25, -0.2) is 9.50 Å². The minimum absolute atomic E-state index is 0.111. The van der Waals surface area contributed by atoms with Crippen LogP contribution in [0.15, 0.2) is 23.3 Å². The lowest BCUT2D eigenvalue weighted by atomic mass is 10.3. The Bertz CT molecular complexity index is 525. The maximum Gasteiger partial charge on any atom is 0.279 e. The molecule has 0 unspecified atom stereocenters. The number of H-pyrrole nitrogens is 1. The number of amides is 1. The van der Waals surface area contributed by atoms with E-state index in [0.717, 1.165) is 0 Å². The van der Waals surface area contributed by atoms with Crippen molar-refractivity contribution in [3.63, 3.8) is 0 Å². The number of aromatic amines is 1. The van der Waals surface area contributed by atoms with Crippen LogP contribution < -0.4 is 11.3 Å². The molecule has 0 saturated carbocycles. The van der Waals surface area contributed by atoms with E-state index in [1.807, 2.05) is 0 Å². The average molecular weight is 178 g/mol. The van der Waals surface area contributed by atoms with Crippen molar-refractivity contribution in [2.45, 2.75) is 0 Å². The number of hydrogen-bond donors (Lipinski definition) is 2. The van der Waals surface area contributed by atoms with E-state index in [4.69, 9.17) is 5.73 Å². The Labute approximate surface area is 72.0 Å². The topological polar surface area (TPSA) is 93.2 Å². The first-order valence-electron chi connectivity index (χ1n) is 3.55. The highest BCUT2D eigenvalue weighted by Gasteiger charge is 2.14. The molecule has 0 radical (unpaired) electrons. The second kappa shape index (κ2) is 2.44. The standard InChI is InChI=1S/C7H6N4O2/c8-5(12)4-6-9-2-1-3-11(6)10-7(4)13/h1-3H,(H2,8,12)(H,10,13). The van der Waals surface area contributed by atoms with E-state index in [1.54, 1.807) is 12.3 Å². The predicted molar refractivity (Wildman–Crippen MR) is 44.3 cm³/mol. The summed E-state index contributed by atoms with van der Waals surface area (Å²) in [6, 6.07) is 1.63. The maximum absolute atomic E-state index is 11.2. The summed E-state index contributed by atoms with van der Waals surface area (Å²) in [5.41, 5.74) is 4.63. The van der Waals surface area contributed by atoms with Gasteiger partial charge < -0.3 is 5.73 Å². The number of primary amides is 1. The zero-order valence-corrected chi connectivity index (χ0v) is 6.52. The molecule has 2 aromatic rings. The summed E-state index contributed by atoms with van der Waals surface area (Å²) in [5.74, 6) is -0.776. The largest absolute Gasteiger partial charge is 0.365 e. The number of hydrogen-bond acceptors (Lipinski definition) is 3. The summed E-state index contributed by atoms with van der Waals surface area (Å²) < 4.78 is 1.35. The molecule has 66 valence electrons. The molecular weight excluding hydrogens is 172 g/mol. The molecule has 2 heterocycles. The highest BCUT2D eigenvalue weighted by Crippen LogP contribution is 1.99. The van der Waals surface area contributed by atoms with Crippen LogP contribution >= 0.6 is 0 Å². The van der Waals surface area contributed by atoms with Crippen molar-refractivity contribution in [2.75, 3.05) is 0 Å². The fourth-order valence-electron chi connectivity index (χ4n) is 1.14. The number of aromatic nitrogens is 3. The van der Waals surface area contributed by atoms with Crippen LogP contribution in [0.4, 0.5) is 0 Å². The molecule has 13 heavy (non-hydrogen) atoms. The fraction of sp³-hybridized carbons (Fsp3) is 0. The monoisotopic (exact) mass is 178 g/mol. The number of fused-ring (bicyclic) bond motifs is 1. The Morgan fingerprint density at radius 1 is 1.62 bits per heavy atom. The third-order valence-corrected chi connectivity index (χ3v) is 1.67. The van der Waals surface area contributed by atoms with Gasteiger partial charge >= 0.3 is 0 Å². The van der Waals surface area contributed by atoms with E-state index in [2.05, 4.69) is 10.1 Å². The molecule has 3 N–H and O–H groups in total. The van der Waals surface area contributed by atoms with Crippen molar-refractivity contribution in [1.29, 1.82) is 0 Å². The van der Waals surface area contributed by atoms with Crippen molar-refractivity contribution in [2.24, 2.45) is 5.73 Å². The average Bonchev–Trinajstić information content (AvgIpc) is 2.39. The number of carbonyl (C=O) groups excluding carboxylic acids is 1. The van der Waals surface area contributed by atoms with E-state index in [0.29, 0.717) is 0 Å². The second-order valence-corrected chi connectivity index (χ2v) is 2.49. The molecule has 2 rings (SSSR count). The lowest BCUT2D eigenvalue weighted by molar-refractivity contribution is 0.100. The molecule has 0 spiro atoms. The first-order chi connectivity index (χ1) is 6.20. The first kappa shape index (κ1) is 7.53. The van der Waals surface area contributed by atoms with Crippen LogP contribution in [0, 0.1) is 0 Å². The highest BCUT2D eigenvalue weighted by molar-refractivity contribution is 5.98. The second-order valence-electron chi connectivity index (χ2n) is 2.49. The lowest BCUT2D eigenvalue weighted by Crippen LogP contribution is -2.19. The minimum Gasteiger partial charge on any atom is -0.365 e. The summed E-state index contributed by atoms with van der Waals surface area (Å²) >= 11 is 0. The van der Waals surface area contributed by atoms with Gasteiger partial charge in [-0.2, -0.15) is 0 Å². The third kappa shape index (κ3) is 0.994. The van der Waals surface area contributed by atoms with E-state index in [-0.39, 0.29) is 11.2 Å². The quantitative estimate of drug-likeness (QED) is 0.593. The minimum atomic E-state index is -0.776. The Balaban J connectivity index is 2.95. The van der Waals surface area contributed by atoms with Gasteiger partial charge in [0.05, 0.1) is 0 Å². The van der Waals surface area contributed by atoms with Crippen LogP contribution in [-0.4, -0.2) is 20.5 Å². The van der Waals surface area contributed by atoms with Crippen molar-refractivity contribution < 1.29 is 4.79 Å². The van der Waals surface area contributed by atoms with Gasteiger partial charge in [0, 0.05) is 12.4 Å². The van der Waals surface area contributed by atoms with Crippen LogP contribution in [0.25, 0.3) is 5.65 Å². The Morgan fingerprint density at radius 2 is 2.38 bits per heavy atom. The van der Waals surface area contributed by atoms with E-state index < -0.39 is 11.5 Å². The van der Waals surface area contributed by atoms with Gasteiger partial charge in [-0.3, -0.25) is 14.7 Å². The molecule has 6 heteroatoms. The summed E-state index contributed by atoms with van der Waals surface area (Å²) in [7, 11) is 0. The first-order valence-corrected chi connectivity index (χ1v) is 3.55. The van der Waals surface area contributed by atoms with Crippen LogP contribution in [0.5, 0.6) is 0 Å². The summed E-state index contributed by atoms with van der Waals surface area (Å²) in [5, 5.41) is 2.41. The molecule has 0 atom stereocenters. The van der Waals surface area contributed by atoms with Crippen molar-refractivity contribution in [3.8, 4) is 0 Å². The van der Waals surface area contributed by atoms with Gasteiger partial charge in [0.25, 0.3) is 11.5 Å². The number of carbonyl (C=O) groups is 1. The molecule has 1 amide bonds. The molecular formula is C7H6N4O2. The number of rotatable bonds is 1. The fourth-order valence-corrected chi connectivity index (χ4v) is 1.14. The van der Waals surface area contributed by atoms with Gasteiger partial charge in [0.1, 0.15) is 0 Å². The highest BCUT2D eigenvalue weighted by atomic mass is 16.2. The normalized spacial score (nSPS) is 10.5. The number of nitrogens with one attached hydrogen (secondary N) is 1. The molecule has 0 saturated heterocycles. The van der Waals surface area contributed by atoms with Gasteiger partial charge in [-0.1, -0.05) is 0 Å². The van der Waals surface area contributed by atoms with Crippen molar-refractivity contribution in [3.05, 3.63) is 34.4 Å². The van der Waals surface area contributed by atoms with Gasteiger partial charge in [-0.05, 0) is 6.07 Å². The summed E-state index contributed by atoms with van der Waals surface area (Å²) in [6.07, 6.45) is 3.06.